The molecule has 0 spiro atoms. The van der Waals surface area contributed by atoms with Gasteiger partial charge in [-0.2, -0.15) is 0 Å². The molecule has 2 heterocycles. The number of fused-ring (bicyclic) bond motifs is 1. The highest BCUT2D eigenvalue weighted by molar-refractivity contribution is 7.14. The van der Waals surface area contributed by atoms with Gasteiger partial charge in [0.2, 0.25) is 5.71 Å². The molecule has 8 rings (SSSR count). The lowest BCUT2D eigenvalue weighted by Crippen LogP contribution is -2.41. The molecule has 0 aliphatic carbocycles. The molecule has 16 heteroatoms. The Morgan fingerprint density at radius 3 is 1.91 bits per heavy atom. The number of carboxylic acid groups (broad SMARTS) is 1. The Balaban J connectivity index is 1.02. The molecule has 1 aliphatic heterocycles. The Labute approximate surface area is 434 Å². The monoisotopic (exact) mass is 1010 g/mol. The van der Waals surface area contributed by atoms with Crippen LogP contribution in [0.1, 0.15) is 77.9 Å². The summed E-state index contributed by atoms with van der Waals surface area (Å²) < 4.78 is 17.8. The first-order chi connectivity index (χ1) is 35.9. The fraction of sp³-hybridized carbons (Fsp3) is 0.241. The van der Waals surface area contributed by atoms with E-state index in [4.69, 9.17) is 29.8 Å². The van der Waals surface area contributed by atoms with Crippen LogP contribution in [0.5, 0.6) is 5.75 Å². The van der Waals surface area contributed by atoms with E-state index in [1.54, 1.807) is 11.4 Å². The van der Waals surface area contributed by atoms with Gasteiger partial charge in [0, 0.05) is 31.6 Å². The predicted molar refractivity (Wildman–Crippen MR) is 286 cm³/mol. The lowest BCUT2D eigenvalue weighted by molar-refractivity contribution is -0.163. The Morgan fingerprint density at radius 2 is 1.35 bits per heavy atom. The van der Waals surface area contributed by atoms with Gasteiger partial charge in [0.15, 0.2) is 17.2 Å². The molecule has 7 aromatic rings. The Morgan fingerprint density at radius 1 is 0.784 bits per heavy atom. The highest BCUT2D eigenvalue weighted by Crippen LogP contribution is 2.41. The number of anilines is 1. The van der Waals surface area contributed by atoms with Gasteiger partial charge in [-0.15, -0.1) is 11.3 Å². The summed E-state index contributed by atoms with van der Waals surface area (Å²) in [6.07, 6.45) is -1.60. The van der Waals surface area contributed by atoms with Crippen molar-refractivity contribution in [3.8, 4) is 5.75 Å². The maximum absolute atomic E-state index is 14.4. The Kier molecular flexibility index (Phi) is 17.0. The third kappa shape index (κ3) is 13.3. The van der Waals surface area contributed by atoms with Gasteiger partial charge in [0.05, 0.1) is 0 Å². The van der Waals surface area contributed by atoms with Crippen molar-refractivity contribution in [3.05, 3.63) is 220 Å². The first-order valence-electron chi connectivity index (χ1n) is 24.3. The van der Waals surface area contributed by atoms with Crippen LogP contribution in [0, 0.1) is 0 Å². The summed E-state index contributed by atoms with van der Waals surface area (Å²) >= 11 is 1.21. The molecule has 15 nitrogen and oxygen atoms in total. The summed E-state index contributed by atoms with van der Waals surface area (Å²) in [4.78, 5) is 56.6. The minimum Gasteiger partial charge on any atom is -0.489 e. The fourth-order valence-electron chi connectivity index (χ4n) is 8.47. The number of aliphatic imine (C=N–C) groups is 1. The molecule has 0 bridgehead atoms. The summed E-state index contributed by atoms with van der Waals surface area (Å²) in [5.74, 6) is -1.40. The van der Waals surface area contributed by atoms with Gasteiger partial charge < -0.3 is 45.4 Å². The van der Waals surface area contributed by atoms with Gasteiger partial charge in [-0.05, 0) is 84.7 Å². The smallest absolute Gasteiger partial charge is 0.407 e. The highest BCUT2D eigenvalue weighted by atomic mass is 32.1. The van der Waals surface area contributed by atoms with Crippen molar-refractivity contribution in [1.82, 2.24) is 15.2 Å². The third-order valence-corrected chi connectivity index (χ3v) is 12.8. The number of nitrogens with two attached hydrogens (primary N) is 1. The third-order valence-electron chi connectivity index (χ3n) is 12.0. The topological polar surface area (TPSA) is 199 Å². The molecule has 1 aliphatic rings. The number of thiazole rings is 1. The highest BCUT2D eigenvalue weighted by Gasteiger charge is 2.38. The van der Waals surface area contributed by atoms with E-state index in [-0.39, 0.29) is 12.3 Å². The van der Waals surface area contributed by atoms with Crippen molar-refractivity contribution >= 4 is 46.2 Å². The lowest BCUT2D eigenvalue weighted by Gasteiger charge is -2.36. The molecule has 0 saturated heterocycles. The Hall–Kier alpha value is -8.50. The minimum atomic E-state index is -1.53. The zero-order chi connectivity index (χ0) is 51.9. The van der Waals surface area contributed by atoms with E-state index in [2.05, 4.69) is 20.8 Å². The van der Waals surface area contributed by atoms with Crippen molar-refractivity contribution in [1.29, 1.82) is 0 Å². The normalized spacial score (nSPS) is 13.3. The number of ether oxygens (including phenoxy) is 3. The van der Waals surface area contributed by atoms with Gasteiger partial charge in [-0.3, -0.25) is 4.99 Å². The van der Waals surface area contributed by atoms with Gasteiger partial charge >= 0.3 is 18.0 Å². The summed E-state index contributed by atoms with van der Waals surface area (Å²) in [5.41, 5.74) is 10.7. The van der Waals surface area contributed by atoms with Crippen molar-refractivity contribution in [2.75, 3.05) is 31.6 Å². The van der Waals surface area contributed by atoms with Crippen LogP contribution in [0.3, 0.4) is 0 Å². The van der Waals surface area contributed by atoms with E-state index in [0.717, 1.165) is 27.8 Å². The molecular formula is C58H59N7O8S. The second-order valence-corrected chi connectivity index (χ2v) is 19.3. The SMILES string of the molecule is CC(C)(C)OC(=O)NCCCN=C(N)N1CCc2cc(OC[C@H](O/N=C(\C(=O)O)c3csc(NC(c4ccccc4)(c4ccccc4)c4ccccc4)n3)C(=O)OC(c3ccccc3)c3ccccc3)ccc2C1. The van der Waals surface area contributed by atoms with E-state index in [1.807, 2.05) is 189 Å². The second-order valence-electron chi connectivity index (χ2n) is 18.4. The molecule has 0 fully saturated rings. The number of esters is 1. The number of rotatable bonds is 20. The van der Waals surface area contributed by atoms with E-state index >= 15 is 0 Å². The lowest BCUT2D eigenvalue weighted by atomic mass is 9.77. The summed E-state index contributed by atoms with van der Waals surface area (Å²) in [6, 6.07) is 54.1. The number of carboxylic acids is 1. The largest absolute Gasteiger partial charge is 0.489 e. The number of benzene rings is 6. The molecule has 5 N–H and O–H groups in total. The van der Waals surface area contributed by atoms with Crippen LogP contribution in [0.15, 0.2) is 185 Å². The minimum absolute atomic E-state index is 0.0113. The molecule has 6 aromatic carbocycles. The van der Waals surface area contributed by atoms with Crippen LogP contribution >= 0.6 is 11.3 Å². The number of nitrogens with zero attached hydrogens (tertiary/aromatic N) is 4. The molecule has 74 heavy (non-hydrogen) atoms. The number of aliphatic carboxylic acids is 1. The summed E-state index contributed by atoms with van der Waals surface area (Å²) in [6.45, 7) is 7.01. The quantitative estimate of drug-likeness (QED) is 0.0141. The molecule has 0 saturated carbocycles. The number of aromatic nitrogens is 1. The molecular weight excluding hydrogens is 955 g/mol. The van der Waals surface area contributed by atoms with Gasteiger partial charge in [0.1, 0.15) is 29.2 Å². The van der Waals surface area contributed by atoms with Gasteiger partial charge in [0.25, 0.3) is 6.10 Å². The average molecular weight is 1010 g/mol. The first-order valence-corrected chi connectivity index (χ1v) is 25.2. The average Bonchev–Trinajstić information content (AvgIpc) is 3.88. The number of amides is 1. The van der Waals surface area contributed by atoms with Crippen LogP contribution < -0.4 is 21.1 Å². The van der Waals surface area contributed by atoms with E-state index in [1.165, 1.54) is 11.3 Å². The maximum atomic E-state index is 14.4. The predicted octanol–water partition coefficient (Wildman–Crippen LogP) is 9.72. The van der Waals surface area contributed by atoms with Crippen molar-refractivity contribution in [2.24, 2.45) is 15.9 Å². The van der Waals surface area contributed by atoms with Gasteiger partial charge in [-0.1, -0.05) is 163 Å². The second kappa shape index (κ2) is 24.3. The Bertz CT molecular complexity index is 2890. The number of hydrogen-bond acceptors (Lipinski definition) is 12. The number of hydrogen-bond donors (Lipinski definition) is 4. The number of guanidine groups is 1. The van der Waals surface area contributed by atoms with Crippen LogP contribution in [0.4, 0.5) is 9.93 Å². The summed E-state index contributed by atoms with van der Waals surface area (Å²) in [5, 5.41) is 23.1. The van der Waals surface area contributed by atoms with Gasteiger partial charge in [-0.25, -0.2) is 19.4 Å². The van der Waals surface area contributed by atoms with Crippen LogP contribution in [0.25, 0.3) is 0 Å². The van der Waals surface area contributed by atoms with Crippen LogP contribution in [-0.4, -0.2) is 82.6 Å². The zero-order valence-corrected chi connectivity index (χ0v) is 42.2. The fourth-order valence-corrected chi connectivity index (χ4v) is 9.23. The standard InChI is InChI=1S/C58H59N7O8S/c1-57(2,3)72-56(69)61-34-19-33-60-54(59)65-35-32-42-36-47(31-30-43(42)37-65)70-38-49(53(68)71-51(40-20-9-4-10-21-40)41-22-11-5-12-23-41)73-64-50(52(66)67)48-39-74-55(62-48)63-58(44-24-13-6-14-25-44,45-26-15-7-16-27-45)46-28-17-8-18-29-46/h4-18,20-31,36,39,49,51H,19,32-35,37-38H2,1-3H3,(H2,59,60)(H,61,69)(H,62,63)(H,66,67)/b64-50-/t49-/m0/s1. The zero-order valence-electron chi connectivity index (χ0n) is 41.4. The number of alkyl carbamates (subject to hydrolysis) is 1. The molecule has 0 unspecified atom stereocenters. The van der Waals surface area contributed by atoms with Crippen molar-refractivity contribution in [3.63, 3.8) is 0 Å². The molecule has 1 aromatic heterocycles. The molecule has 0 radical (unpaired) electrons. The molecule has 380 valence electrons. The molecule has 1 atom stereocenters. The number of oxime groups is 1. The van der Waals surface area contributed by atoms with E-state index < -0.39 is 47.1 Å². The van der Waals surface area contributed by atoms with Crippen molar-refractivity contribution in [2.45, 2.75) is 63.5 Å². The number of carbonyl (C=O) groups excluding carboxylic acids is 2. The van der Waals surface area contributed by atoms with Crippen LogP contribution in [-0.2, 0) is 42.4 Å². The molecule has 1 amide bonds. The van der Waals surface area contributed by atoms with Crippen molar-refractivity contribution < 1.29 is 38.5 Å². The van der Waals surface area contributed by atoms with E-state index in [0.29, 0.717) is 67.0 Å². The maximum Gasteiger partial charge on any atom is 0.407 e. The summed E-state index contributed by atoms with van der Waals surface area (Å²) in [7, 11) is 0. The van der Waals surface area contributed by atoms with Crippen LogP contribution in [0.2, 0.25) is 0 Å². The number of nitrogens with one attached hydrogen (secondary N) is 2. The first kappa shape index (κ1) is 51.8. The number of carbonyl (C=O) groups is 3. The van der Waals surface area contributed by atoms with E-state index in [9.17, 15) is 19.5 Å².